The molecular weight excluding hydrogens is 372 g/mol. The third-order valence-corrected chi connectivity index (χ3v) is 6.25. The minimum atomic E-state index is 0.620. The highest BCUT2D eigenvalue weighted by Gasteiger charge is 2.16. The van der Waals surface area contributed by atoms with Gasteiger partial charge in [-0.15, -0.1) is 0 Å². The molecule has 3 heterocycles. The lowest BCUT2D eigenvalue weighted by molar-refractivity contribution is 0.897. The van der Waals surface area contributed by atoms with Crippen molar-refractivity contribution in [3.8, 4) is 28.5 Å². The van der Waals surface area contributed by atoms with E-state index in [1.165, 1.54) is 12.8 Å². The monoisotopic (exact) mass is 392 g/mol. The second-order valence-corrected chi connectivity index (χ2v) is 8.28. The Morgan fingerprint density at radius 3 is 2.63 bits per heavy atom. The third-order valence-electron chi connectivity index (χ3n) is 3.97. The molecule has 4 nitrogen and oxygen atoms in total. The average Bonchev–Trinajstić information content (AvgIpc) is 2.74. The molecule has 0 N–H and O–H groups in total. The van der Waals surface area contributed by atoms with E-state index in [2.05, 4.69) is 23.0 Å². The Bertz CT molecular complexity index is 909. The van der Waals surface area contributed by atoms with E-state index in [-0.39, 0.29) is 0 Å². The van der Waals surface area contributed by atoms with Crippen LogP contribution in [0.4, 0.5) is 0 Å². The first-order chi connectivity index (χ1) is 13.3. The number of unbranched alkanes of at least 4 members (excludes halogenated alkanes) is 1. The largest absolute Gasteiger partial charge is 0.265 e. The quantitative estimate of drug-likeness (QED) is 0.280. The number of hydrogen-bond acceptors (Lipinski definition) is 6. The minimum absolute atomic E-state index is 0.620. The van der Waals surface area contributed by atoms with Crippen LogP contribution in [0.2, 0.25) is 0 Å². The van der Waals surface area contributed by atoms with Crippen molar-refractivity contribution in [3.05, 3.63) is 60.7 Å². The van der Waals surface area contributed by atoms with Crippen LogP contribution in [-0.4, -0.2) is 25.8 Å². The van der Waals surface area contributed by atoms with Crippen molar-refractivity contribution in [1.82, 2.24) is 15.0 Å². The van der Waals surface area contributed by atoms with Crippen LogP contribution in [0.25, 0.3) is 22.4 Å². The van der Waals surface area contributed by atoms with Gasteiger partial charge in [-0.1, -0.05) is 25.1 Å². The summed E-state index contributed by atoms with van der Waals surface area (Å²) in [5.74, 6) is 1.13. The van der Waals surface area contributed by atoms with Crippen molar-refractivity contribution in [2.75, 3.05) is 10.8 Å². The maximum absolute atomic E-state index is 9.82. The topological polar surface area (TPSA) is 62.5 Å². The first kappa shape index (κ1) is 19.4. The van der Waals surface area contributed by atoms with Gasteiger partial charge >= 0.3 is 0 Å². The molecule has 0 unspecified atom stereocenters. The Labute approximate surface area is 168 Å². The molecule has 0 atom stereocenters. The number of nitrogens with zero attached hydrogens (tertiary/aromatic N) is 4. The number of thioether (sulfide) groups is 2. The van der Waals surface area contributed by atoms with E-state index in [0.29, 0.717) is 5.56 Å². The molecule has 0 aliphatic carbocycles. The molecule has 0 aromatic carbocycles. The summed E-state index contributed by atoms with van der Waals surface area (Å²) in [5, 5.41) is 11.5. The van der Waals surface area contributed by atoms with Gasteiger partial charge in [-0.3, -0.25) is 9.97 Å². The molecule has 3 aromatic heterocycles. The molecule has 0 saturated carbocycles. The number of rotatable bonds is 8. The molecule has 3 aromatic rings. The normalized spacial score (nSPS) is 10.5. The molecule has 0 saturated heterocycles. The second kappa shape index (κ2) is 10.1. The Hall–Kier alpha value is -2.36. The minimum Gasteiger partial charge on any atom is -0.265 e. The zero-order valence-corrected chi connectivity index (χ0v) is 16.8. The maximum atomic E-state index is 9.82. The van der Waals surface area contributed by atoms with E-state index in [0.717, 1.165) is 38.2 Å². The fraction of sp³-hybridized carbons (Fsp3) is 0.238. The summed E-state index contributed by atoms with van der Waals surface area (Å²) in [4.78, 5) is 13.1. The summed E-state index contributed by atoms with van der Waals surface area (Å²) < 4.78 is 0. The summed E-state index contributed by atoms with van der Waals surface area (Å²) in [6, 6.07) is 12.1. The molecule has 6 heteroatoms. The molecule has 0 radical (unpaired) electrons. The SMILES string of the molecule is CCCCSCSc1nc(-c2cccnc2)cc(-c2ccncc2)c1C#N. The van der Waals surface area contributed by atoms with Gasteiger partial charge in [0, 0.05) is 41.0 Å². The highest BCUT2D eigenvalue weighted by molar-refractivity contribution is 8.15. The van der Waals surface area contributed by atoms with Gasteiger partial charge in [0.25, 0.3) is 0 Å². The number of nitriles is 1. The lowest BCUT2D eigenvalue weighted by Gasteiger charge is -2.12. The van der Waals surface area contributed by atoms with Crippen molar-refractivity contribution in [3.63, 3.8) is 0 Å². The summed E-state index contributed by atoms with van der Waals surface area (Å²) in [6.07, 6.45) is 9.44. The molecule has 27 heavy (non-hydrogen) atoms. The van der Waals surface area contributed by atoms with Gasteiger partial charge in [-0.2, -0.15) is 17.0 Å². The van der Waals surface area contributed by atoms with E-state index in [9.17, 15) is 5.26 Å². The molecule has 0 spiro atoms. The van der Waals surface area contributed by atoms with Gasteiger partial charge in [0.15, 0.2) is 0 Å². The van der Waals surface area contributed by atoms with Crippen LogP contribution in [0.3, 0.4) is 0 Å². The predicted octanol–water partition coefficient (Wildman–Crippen LogP) is 5.66. The van der Waals surface area contributed by atoms with E-state index in [1.54, 1.807) is 36.5 Å². The van der Waals surface area contributed by atoms with Crippen LogP contribution >= 0.6 is 23.5 Å². The highest BCUT2D eigenvalue weighted by Crippen LogP contribution is 2.34. The van der Waals surface area contributed by atoms with E-state index < -0.39 is 0 Å². The number of aromatic nitrogens is 3. The summed E-state index contributed by atoms with van der Waals surface area (Å²) in [5.41, 5.74) is 4.24. The lowest BCUT2D eigenvalue weighted by Crippen LogP contribution is -1.96. The zero-order valence-electron chi connectivity index (χ0n) is 15.1. The molecule has 136 valence electrons. The average molecular weight is 393 g/mol. The Kier molecular flexibility index (Phi) is 7.26. The second-order valence-electron chi connectivity index (χ2n) is 5.85. The van der Waals surface area contributed by atoms with Gasteiger partial charge in [0.1, 0.15) is 11.1 Å². The fourth-order valence-electron chi connectivity index (χ4n) is 2.56. The first-order valence-electron chi connectivity index (χ1n) is 8.80. The molecule has 0 aliphatic rings. The van der Waals surface area contributed by atoms with E-state index in [4.69, 9.17) is 4.98 Å². The van der Waals surface area contributed by atoms with Crippen molar-refractivity contribution in [1.29, 1.82) is 5.26 Å². The molecular formula is C21H20N4S2. The number of pyridine rings is 3. The van der Waals surface area contributed by atoms with Crippen molar-refractivity contribution in [2.45, 2.75) is 24.8 Å². The lowest BCUT2D eigenvalue weighted by atomic mass is 10.0. The Morgan fingerprint density at radius 1 is 1.07 bits per heavy atom. The maximum Gasteiger partial charge on any atom is 0.116 e. The molecule has 0 amide bonds. The Balaban J connectivity index is 2.01. The third kappa shape index (κ3) is 5.09. The molecule has 0 bridgehead atoms. The molecule has 0 aliphatic heterocycles. The van der Waals surface area contributed by atoms with Crippen LogP contribution in [0.15, 0.2) is 60.1 Å². The fourth-order valence-corrected chi connectivity index (χ4v) is 4.77. The Morgan fingerprint density at radius 2 is 1.93 bits per heavy atom. The standard InChI is InChI=1S/C21H20N4S2/c1-2-3-11-26-15-27-21-19(13-22)18(16-6-9-23-10-7-16)12-20(25-21)17-5-4-8-24-14-17/h4-10,12,14H,2-3,11,15H2,1H3. The summed E-state index contributed by atoms with van der Waals surface area (Å²) >= 11 is 3.52. The van der Waals surface area contributed by atoms with Crippen LogP contribution in [0.1, 0.15) is 25.3 Å². The van der Waals surface area contributed by atoms with Crippen molar-refractivity contribution < 1.29 is 0 Å². The van der Waals surface area contributed by atoms with Crippen molar-refractivity contribution >= 4 is 23.5 Å². The van der Waals surface area contributed by atoms with Crippen LogP contribution in [0, 0.1) is 11.3 Å². The van der Waals surface area contributed by atoms with E-state index in [1.807, 2.05) is 42.1 Å². The van der Waals surface area contributed by atoms with Crippen LogP contribution < -0.4 is 0 Å². The van der Waals surface area contributed by atoms with Gasteiger partial charge in [-0.05, 0) is 48.1 Å². The molecule has 3 rings (SSSR count). The highest BCUT2D eigenvalue weighted by atomic mass is 32.2. The summed E-state index contributed by atoms with van der Waals surface area (Å²) in [7, 11) is 0. The predicted molar refractivity (Wildman–Crippen MR) is 114 cm³/mol. The smallest absolute Gasteiger partial charge is 0.116 e. The summed E-state index contributed by atoms with van der Waals surface area (Å²) in [6.45, 7) is 2.20. The van der Waals surface area contributed by atoms with Crippen molar-refractivity contribution in [2.24, 2.45) is 0 Å². The molecule has 0 fully saturated rings. The van der Waals surface area contributed by atoms with Crippen LogP contribution in [0.5, 0.6) is 0 Å². The van der Waals surface area contributed by atoms with E-state index >= 15 is 0 Å². The van der Waals surface area contributed by atoms with Gasteiger partial charge in [-0.25, -0.2) is 4.98 Å². The van der Waals surface area contributed by atoms with Gasteiger partial charge in [0.05, 0.1) is 11.3 Å². The van der Waals surface area contributed by atoms with Gasteiger partial charge < -0.3 is 0 Å². The van der Waals surface area contributed by atoms with Gasteiger partial charge in [0.2, 0.25) is 0 Å². The number of hydrogen-bond donors (Lipinski definition) is 0. The van der Waals surface area contributed by atoms with Crippen LogP contribution in [-0.2, 0) is 0 Å². The first-order valence-corrected chi connectivity index (χ1v) is 10.9. The zero-order chi connectivity index (χ0) is 18.9.